The topological polar surface area (TPSA) is 43.4 Å². The van der Waals surface area contributed by atoms with E-state index in [1.807, 2.05) is 13.8 Å². The highest BCUT2D eigenvalue weighted by Crippen LogP contribution is 2.17. The van der Waals surface area contributed by atoms with Crippen molar-refractivity contribution in [3.05, 3.63) is 30.1 Å². The minimum Gasteiger partial charge on any atom is -0.263 e. The lowest BCUT2D eigenvalue weighted by atomic mass is 10.1. The van der Waals surface area contributed by atoms with Crippen molar-refractivity contribution >= 4 is 10.1 Å². The maximum absolute atomic E-state index is 12.6. The highest BCUT2D eigenvalue weighted by Gasteiger charge is 2.20. The number of hydrogen-bond acceptors (Lipinski definition) is 3. The van der Waals surface area contributed by atoms with Crippen molar-refractivity contribution in [2.75, 3.05) is 0 Å². The van der Waals surface area contributed by atoms with Gasteiger partial charge in [0.1, 0.15) is 5.82 Å². The third-order valence-electron chi connectivity index (χ3n) is 2.32. The summed E-state index contributed by atoms with van der Waals surface area (Å²) < 4.78 is 41.0. The monoisotopic (exact) mass is 246 g/mol. The van der Waals surface area contributed by atoms with Crippen LogP contribution in [0.3, 0.4) is 0 Å². The van der Waals surface area contributed by atoms with Gasteiger partial charge in [0, 0.05) is 0 Å². The van der Waals surface area contributed by atoms with Crippen molar-refractivity contribution in [1.82, 2.24) is 0 Å². The molecule has 1 aromatic rings. The third kappa shape index (κ3) is 3.28. The molecular formula is C11H15FO3S. The van der Waals surface area contributed by atoms with Crippen LogP contribution in [-0.2, 0) is 14.3 Å². The first-order valence-corrected chi connectivity index (χ1v) is 6.42. The van der Waals surface area contributed by atoms with E-state index in [0.29, 0.717) is 0 Å². The van der Waals surface area contributed by atoms with Crippen LogP contribution in [-0.4, -0.2) is 14.5 Å². The molecule has 0 bridgehead atoms. The van der Waals surface area contributed by atoms with E-state index >= 15 is 0 Å². The Bertz CT molecular complexity index is 437. The van der Waals surface area contributed by atoms with Gasteiger partial charge in [-0.1, -0.05) is 13.8 Å². The molecule has 1 unspecified atom stereocenters. The molecule has 0 aliphatic heterocycles. The highest BCUT2D eigenvalue weighted by molar-refractivity contribution is 7.86. The summed E-state index contributed by atoms with van der Waals surface area (Å²) in [7, 11) is -3.79. The normalized spacial score (nSPS) is 14.1. The molecule has 0 aromatic heterocycles. The number of halogens is 1. The van der Waals surface area contributed by atoms with Crippen molar-refractivity contribution < 1.29 is 17.0 Å². The second-order valence-electron chi connectivity index (χ2n) is 3.95. The predicted molar refractivity (Wildman–Crippen MR) is 59.0 cm³/mol. The van der Waals surface area contributed by atoms with E-state index in [9.17, 15) is 12.8 Å². The Balaban J connectivity index is 2.90. The minimum absolute atomic E-state index is 0.0265. The lowest BCUT2D eigenvalue weighted by Crippen LogP contribution is -2.20. The summed E-state index contributed by atoms with van der Waals surface area (Å²) in [6, 6.07) is 4.57. The SMILES string of the molecule is CC(C)C(C)OS(=O)(=O)c1ccc(F)cc1. The van der Waals surface area contributed by atoms with E-state index in [-0.39, 0.29) is 10.8 Å². The van der Waals surface area contributed by atoms with Crippen LogP contribution in [0.15, 0.2) is 29.2 Å². The summed E-state index contributed by atoms with van der Waals surface area (Å²) in [5.41, 5.74) is 0. The lowest BCUT2D eigenvalue weighted by molar-refractivity contribution is 0.178. The Hall–Kier alpha value is -0.940. The van der Waals surface area contributed by atoms with Gasteiger partial charge in [0.05, 0.1) is 11.0 Å². The van der Waals surface area contributed by atoms with Crippen LogP contribution in [0.2, 0.25) is 0 Å². The minimum atomic E-state index is -3.79. The maximum atomic E-state index is 12.6. The van der Waals surface area contributed by atoms with E-state index in [1.54, 1.807) is 6.92 Å². The van der Waals surface area contributed by atoms with E-state index in [2.05, 4.69) is 0 Å². The Morgan fingerprint density at radius 3 is 2.06 bits per heavy atom. The van der Waals surface area contributed by atoms with Crippen LogP contribution < -0.4 is 0 Å². The van der Waals surface area contributed by atoms with Crippen LogP contribution in [0.5, 0.6) is 0 Å². The fourth-order valence-corrected chi connectivity index (χ4v) is 2.17. The average molecular weight is 246 g/mol. The summed E-state index contributed by atoms with van der Waals surface area (Å²) >= 11 is 0. The third-order valence-corrected chi connectivity index (χ3v) is 3.73. The first-order valence-electron chi connectivity index (χ1n) is 5.02. The van der Waals surface area contributed by atoms with Crippen molar-refractivity contribution in [3.63, 3.8) is 0 Å². The van der Waals surface area contributed by atoms with E-state index in [1.165, 1.54) is 12.1 Å². The summed E-state index contributed by atoms with van der Waals surface area (Å²) in [5.74, 6) is -0.383. The highest BCUT2D eigenvalue weighted by atomic mass is 32.2. The van der Waals surface area contributed by atoms with Gasteiger partial charge >= 0.3 is 0 Å². The molecule has 0 aliphatic carbocycles. The van der Waals surface area contributed by atoms with Crippen molar-refractivity contribution in [2.45, 2.75) is 31.8 Å². The van der Waals surface area contributed by atoms with E-state index in [4.69, 9.17) is 4.18 Å². The summed E-state index contributed by atoms with van der Waals surface area (Å²) in [5, 5.41) is 0. The Morgan fingerprint density at radius 1 is 1.12 bits per heavy atom. The zero-order valence-electron chi connectivity index (χ0n) is 9.48. The predicted octanol–water partition coefficient (Wildman–Crippen LogP) is 2.58. The summed E-state index contributed by atoms with van der Waals surface area (Å²) in [6.07, 6.45) is -0.407. The van der Waals surface area contributed by atoms with Gasteiger partial charge in [0.15, 0.2) is 0 Å². The second kappa shape index (κ2) is 4.93. The molecule has 0 spiro atoms. The molecule has 0 fully saturated rings. The van der Waals surface area contributed by atoms with Crippen LogP contribution in [0.25, 0.3) is 0 Å². The van der Waals surface area contributed by atoms with Crippen LogP contribution in [0, 0.1) is 11.7 Å². The molecule has 5 heteroatoms. The zero-order valence-corrected chi connectivity index (χ0v) is 10.3. The molecule has 0 saturated carbocycles. The van der Waals surface area contributed by atoms with Gasteiger partial charge in [0.25, 0.3) is 10.1 Å². The number of benzene rings is 1. The smallest absolute Gasteiger partial charge is 0.263 e. The van der Waals surface area contributed by atoms with Crippen LogP contribution in [0.4, 0.5) is 4.39 Å². The number of rotatable bonds is 4. The molecule has 1 atom stereocenters. The molecule has 0 heterocycles. The fraction of sp³-hybridized carbons (Fsp3) is 0.455. The first kappa shape index (κ1) is 13.1. The lowest BCUT2D eigenvalue weighted by Gasteiger charge is -2.16. The van der Waals surface area contributed by atoms with E-state index in [0.717, 1.165) is 12.1 Å². The molecular weight excluding hydrogens is 231 g/mol. The standard InChI is InChI=1S/C11H15FO3S/c1-8(2)9(3)15-16(13,14)11-6-4-10(12)5-7-11/h4-9H,1-3H3. The molecule has 0 aliphatic rings. The molecule has 0 radical (unpaired) electrons. The van der Waals surface area contributed by atoms with Gasteiger partial charge in [-0.15, -0.1) is 0 Å². The van der Waals surface area contributed by atoms with Gasteiger partial charge in [-0.3, -0.25) is 4.18 Å². The molecule has 1 rings (SSSR count). The largest absolute Gasteiger partial charge is 0.297 e. The molecule has 90 valence electrons. The zero-order chi connectivity index (χ0) is 12.3. The van der Waals surface area contributed by atoms with E-state index < -0.39 is 22.0 Å². The summed E-state index contributed by atoms with van der Waals surface area (Å²) in [4.78, 5) is -0.0265. The second-order valence-corrected chi connectivity index (χ2v) is 5.53. The Labute approximate surface area is 95.4 Å². The van der Waals surface area contributed by atoms with Gasteiger partial charge < -0.3 is 0 Å². The van der Waals surface area contributed by atoms with Crippen molar-refractivity contribution in [2.24, 2.45) is 5.92 Å². The Morgan fingerprint density at radius 2 is 1.62 bits per heavy atom. The van der Waals surface area contributed by atoms with Gasteiger partial charge in [-0.25, -0.2) is 4.39 Å². The molecule has 0 N–H and O–H groups in total. The maximum Gasteiger partial charge on any atom is 0.297 e. The first-order chi connectivity index (χ1) is 7.33. The van der Waals surface area contributed by atoms with Gasteiger partial charge in [-0.05, 0) is 37.1 Å². The van der Waals surface area contributed by atoms with Gasteiger partial charge in [0.2, 0.25) is 0 Å². The molecule has 16 heavy (non-hydrogen) atoms. The van der Waals surface area contributed by atoms with Crippen molar-refractivity contribution in [3.8, 4) is 0 Å². The molecule has 1 aromatic carbocycles. The average Bonchev–Trinajstić information content (AvgIpc) is 2.17. The summed E-state index contributed by atoms with van der Waals surface area (Å²) in [6.45, 7) is 5.42. The molecule has 3 nitrogen and oxygen atoms in total. The van der Waals surface area contributed by atoms with Crippen LogP contribution in [0.1, 0.15) is 20.8 Å². The number of hydrogen-bond donors (Lipinski definition) is 0. The quantitative estimate of drug-likeness (QED) is 0.767. The van der Waals surface area contributed by atoms with Gasteiger partial charge in [-0.2, -0.15) is 8.42 Å². The molecule has 0 amide bonds. The fourth-order valence-electron chi connectivity index (χ4n) is 0.968. The Kier molecular flexibility index (Phi) is 4.04. The van der Waals surface area contributed by atoms with Crippen molar-refractivity contribution in [1.29, 1.82) is 0 Å². The van der Waals surface area contributed by atoms with Crippen LogP contribution >= 0.6 is 0 Å². The molecule has 0 saturated heterocycles.